The van der Waals surface area contributed by atoms with Crippen molar-refractivity contribution < 1.29 is 22.7 Å². The van der Waals surface area contributed by atoms with E-state index in [0.29, 0.717) is 38.2 Å². The Morgan fingerprint density at radius 3 is 2.39 bits per heavy atom. The van der Waals surface area contributed by atoms with Gasteiger partial charge in [-0.05, 0) is 82.2 Å². The van der Waals surface area contributed by atoms with Gasteiger partial charge < -0.3 is 20.3 Å². The first-order valence-electron chi connectivity index (χ1n) is 12.1. The lowest BCUT2D eigenvalue weighted by atomic mass is 10.1. The summed E-state index contributed by atoms with van der Waals surface area (Å²) in [7, 11) is -1.98. The first-order chi connectivity index (χ1) is 17.0. The standard InChI is InChI=1S/C25H36N4O5S2/c1-25(2,3)34-24(31)28(4)20-13-16-29(17-14-20)36(32,33)22-11-9-19(10-12-22)27-23(30)26-15-5-7-21-8-6-18-35-21/h6,8-12,18,20H,5,7,13-17H2,1-4H3,(H2,26,27,30). The van der Waals surface area contributed by atoms with Crippen LogP contribution in [0.25, 0.3) is 0 Å². The molecule has 0 saturated carbocycles. The van der Waals surface area contributed by atoms with Crippen molar-refractivity contribution in [1.82, 2.24) is 14.5 Å². The van der Waals surface area contributed by atoms with Crippen LogP contribution in [0.4, 0.5) is 15.3 Å². The number of rotatable bonds is 8. The molecular formula is C25H36N4O5S2. The van der Waals surface area contributed by atoms with Crippen molar-refractivity contribution in [1.29, 1.82) is 0 Å². The van der Waals surface area contributed by atoms with Gasteiger partial charge in [-0.15, -0.1) is 11.3 Å². The van der Waals surface area contributed by atoms with Crippen LogP contribution in [0, 0.1) is 0 Å². The minimum absolute atomic E-state index is 0.0818. The third kappa shape index (κ3) is 7.94. The van der Waals surface area contributed by atoms with Gasteiger partial charge in [-0.3, -0.25) is 0 Å². The summed E-state index contributed by atoms with van der Waals surface area (Å²) in [4.78, 5) is 27.5. The van der Waals surface area contributed by atoms with Gasteiger partial charge in [-0.25, -0.2) is 18.0 Å². The number of aryl methyl sites for hydroxylation is 1. The number of nitrogens with one attached hydrogen (secondary N) is 2. The minimum atomic E-state index is -3.67. The molecule has 198 valence electrons. The van der Waals surface area contributed by atoms with E-state index in [0.717, 1.165) is 12.8 Å². The fourth-order valence-electron chi connectivity index (χ4n) is 3.91. The number of benzene rings is 1. The molecule has 1 aliphatic heterocycles. The molecule has 0 unspecified atom stereocenters. The van der Waals surface area contributed by atoms with Gasteiger partial charge in [0, 0.05) is 43.3 Å². The van der Waals surface area contributed by atoms with Crippen LogP contribution in [0.1, 0.15) is 44.9 Å². The highest BCUT2D eigenvalue weighted by Crippen LogP contribution is 2.25. The molecule has 0 bridgehead atoms. The molecule has 3 amide bonds. The van der Waals surface area contributed by atoms with Crippen LogP contribution < -0.4 is 10.6 Å². The Morgan fingerprint density at radius 2 is 1.81 bits per heavy atom. The number of urea groups is 1. The Kier molecular flexibility index (Phi) is 9.37. The first kappa shape index (κ1) is 27.9. The number of hydrogen-bond donors (Lipinski definition) is 2. The molecule has 1 aliphatic rings. The van der Waals surface area contributed by atoms with Crippen LogP contribution in [0.2, 0.25) is 0 Å². The van der Waals surface area contributed by atoms with Crippen molar-refractivity contribution in [3.8, 4) is 0 Å². The van der Waals surface area contributed by atoms with Crippen LogP contribution in [-0.2, 0) is 21.2 Å². The van der Waals surface area contributed by atoms with Crippen molar-refractivity contribution in [3.05, 3.63) is 46.7 Å². The summed E-state index contributed by atoms with van der Waals surface area (Å²) >= 11 is 1.70. The average Bonchev–Trinajstić information content (AvgIpc) is 3.34. The molecule has 0 spiro atoms. The number of amides is 3. The molecule has 0 atom stereocenters. The Bertz CT molecular complexity index is 1100. The van der Waals surface area contributed by atoms with E-state index >= 15 is 0 Å². The molecule has 1 aromatic carbocycles. The van der Waals surface area contributed by atoms with Crippen molar-refractivity contribution >= 4 is 39.2 Å². The largest absolute Gasteiger partial charge is 0.444 e. The zero-order chi connectivity index (χ0) is 26.3. The normalized spacial score (nSPS) is 15.3. The molecule has 3 rings (SSSR count). The van der Waals surface area contributed by atoms with E-state index in [1.165, 1.54) is 21.3 Å². The van der Waals surface area contributed by atoms with Gasteiger partial charge in [0.15, 0.2) is 0 Å². The summed E-state index contributed by atoms with van der Waals surface area (Å²) in [5.74, 6) is 0. The van der Waals surface area contributed by atoms with E-state index in [-0.39, 0.29) is 17.0 Å². The number of sulfonamides is 1. The predicted octanol–water partition coefficient (Wildman–Crippen LogP) is 4.52. The van der Waals surface area contributed by atoms with E-state index in [2.05, 4.69) is 16.7 Å². The van der Waals surface area contributed by atoms with E-state index < -0.39 is 21.7 Å². The number of anilines is 1. The van der Waals surface area contributed by atoms with Crippen LogP contribution in [-0.4, -0.2) is 68.1 Å². The van der Waals surface area contributed by atoms with E-state index in [4.69, 9.17) is 4.74 Å². The highest BCUT2D eigenvalue weighted by atomic mass is 32.2. The zero-order valence-electron chi connectivity index (χ0n) is 21.3. The summed E-state index contributed by atoms with van der Waals surface area (Å²) in [6.07, 6.45) is 2.41. The number of carbonyl (C=O) groups is 2. The van der Waals surface area contributed by atoms with Gasteiger partial charge in [0.1, 0.15) is 5.60 Å². The second-order valence-corrected chi connectivity index (χ2v) is 12.8. The molecule has 36 heavy (non-hydrogen) atoms. The molecule has 9 nitrogen and oxygen atoms in total. The number of nitrogens with zero attached hydrogens (tertiary/aromatic N) is 2. The van der Waals surface area contributed by atoms with Gasteiger partial charge in [0.05, 0.1) is 4.90 Å². The van der Waals surface area contributed by atoms with E-state index in [1.807, 2.05) is 32.2 Å². The predicted molar refractivity (Wildman–Crippen MR) is 142 cm³/mol. The van der Waals surface area contributed by atoms with Gasteiger partial charge in [0.25, 0.3) is 0 Å². The Labute approximate surface area is 217 Å². The molecule has 0 aliphatic carbocycles. The summed E-state index contributed by atoms with van der Waals surface area (Å²) in [5.41, 5.74) is -0.0660. The first-order valence-corrected chi connectivity index (χ1v) is 14.4. The summed E-state index contributed by atoms with van der Waals surface area (Å²) in [5, 5.41) is 7.58. The number of ether oxygens (including phenoxy) is 1. The molecule has 2 heterocycles. The van der Waals surface area contributed by atoms with Crippen LogP contribution in [0.5, 0.6) is 0 Å². The fraction of sp³-hybridized carbons (Fsp3) is 0.520. The van der Waals surface area contributed by atoms with Crippen LogP contribution in [0.3, 0.4) is 0 Å². The van der Waals surface area contributed by atoms with Crippen molar-refractivity contribution in [3.63, 3.8) is 0 Å². The lowest BCUT2D eigenvalue weighted by molar-refractivity contribution is 0.0178. The highest BCUT2D eigenvalue weighted by molar-refractivity contribution is 7.89. The minimum Gasteiger partial charge on any atom is -0.444 e. The SMILES string of the molecule is CN(C(=O)OC(C)(C)C)C1CCN(S(=O)(=O)c2ccc(NC(=O)NCCCc3cccs3)cc2)CC1. The molecule has 2 N–H and O–H groups in total. The molecule has 1 fully saturated rings. The van der Waals surface area contributed by atoms with Crippen molar-refractivity contribution in [2.45, 2.75) is 63.0 Å². The number of piperidine rings is 1. The van der Waals surface area contributed by atoms with Gasteiger partial charge in [-0.1, -0.05) is 6.07 Å². The smallest absolute Gasteiger partial charge is 0.410 e. The monoisotopic (exact) mass is 536 g/mol. The Morgan fingerprint density at radius 1 is 1.14 bits per heavy atom. The molecular weight excluding hydrogens is 500 g/mol. The van der Waals surface area contributed by atoms with Crippen LogP contribution >= 0.6 is 11.3 Å². The van der Waals surface area contributed by atoms with E-state index in [1.54, 1.807) is 35.4 Å². The second-order valence-electron chi connectivity index (χ2n) is 9.81. The van der Waals surface area contributed by atoms with Gasteiger partial charge in [-0.2, -0.15) is 4.31 Å². The second kappa shape index (κ2) is 12.1. The number of thiophene rings is 1. The van der Waals surface area contributed by atoms with E-state index in [9.17, 15) is 18.0 Å². The Hall–Kier alpha value is -2.63. The third-order valence-electron chi connectivity index (χ3n) is 5.87. The molecule has 1 saturated heterocycles. The third-order valence-corrected chi connectivity index (χ3v) is 8.72. The lowest BCUT2D eigenvalue weighted by Gasteiger charge is -2.36. The molecule has 0 radical (unpaired) electrons. The zero-order valence-corrected chi connectivity index (χ0v) is 23.0. The highest BCUT2D eigenvalue weighted by Gasteiger charge is 2.33. The fourth-order valence-corrected chi connectivity index (χ4v) is 6.13. The van der Waals surface area contributed by atoms with Crippen molar-refractivity contribution in [2.24, 2.45) is 0 Å². The number of hydrogen-bond acceptors (Lipinski definition) is 6. The van der Waals surface area contributed by atoms with Crippen LogP contribution in [0.15, 0.2) is 46.7 Å². The molecule has 2 aromatic rings. The van der Waals surface area contributed by atoms with Gasteiger partial charge >= 0.3 is 12.1 Å². The maximum atomic E-state index is 13.1. The summed E-state index contributed by atoms with van der Waals surface area (Å²) in [6.45, 7) is 6.62. The topological polar surface area (TPSA) is 108 Å². The summed E-state index contributed by atoms with van der Waals surface area (Å²) in [6, 6.07) is 9.85. The maximum Gasteiger partial charge on any atom is 0.410 e. The lowest BCUT2D eigenvalue weighted by Crippen LogP contribution is -2.48. The molecule has 1 aromatic heterocycles. The summed E-state index contributed by atoms with van der Waals surface area (Å²) < 4.78 is 33.1. The van der Waals surface area contributed by atoms with Crippen molar-refractivity contribution in [2.75, 3.05) is 32.0 Å². The van der Waals surface area contributed by atoms with Gasteiger partial charge in [0.2, 0.25) is 10.0 Å². The Balaban J connectivity index is 1.47. The average molecular weight is 537 g/mol. The quantitative estimate of drug-likeness (QED) is 0.482. The number of carbonyl (C=O) groups excluding carboxylic acids is 2. The maximum absolute atomic E-state index is 13.1. The molecule has 11 heteroatoms.